The molecular weight excluding hydrogens is 206 g/mol. The molecule has 0 bridgehead atoms. The Labute approximate surface area is 87.1 Å². The van der Waals surface area contributed by atoms with Gasteiger partial charge in [0, 0.05) is 7.05 Å². The number of carboxylic acids is 1. The maximum Gasteiger partial charge on any atom is 0.313 e. The Morgan fingerprint density at radius 2 is 2.00 bits per heavy atom. The van der Waals surface area contributed by atoms with Crippen molar-refractivity contribution in [2.24, 2.45) is 0 Å². The number of thioether (sulfide) groups is 1. The maximum absolute atomic E-state index is 11.3. The summed E-state index contributed by atoms with van der Waals surface area (Å²) in [5.74, 6) is -1.04. The molecule has 0 radical (unpaired) electrons. The Kier molecular flexibility index (Phi) is 6.31. The van der Waals surface area contributed by atoms with Crippen LogP contribution in [0, 0.1) is 0 Å². The number of carbonyl (C=O) groups excluding carboxylic acids is 1. The topological polar surface area (TPSA) is 77.8 Å². The van der Waals surface area contributed by atoms with Crippen LogP contribution in [0.5, 0.6) is 0 Å². The summed E-state index contributed by atoms with van der Waals surface area (Å²) in [6.45, 7) is 1.63. The Morgan fingerprint density at radius 3 is 2.43 bits per heavy atom. The average Bonchev–Trinajstić information content (AvgIpc) is 2.14. The van der Waals surface area contributed by atoms with E-state index in [9.17, 15) is 9.59 Å². The fourth-order valence-electron chi connectivity index (χ4n) is 0.696. The lowest BCUT2D eigenvalue weighted by molar-refractivity contribution is -0.133. The molecule has 0 aliphatic heterocycles. The first-order valence-corrected chi connectivity index (χ1v) is 5.30. The Bertz CT molecular complexity index is 210. The van der Waals surface area contributed by atoms with Crippen molar-refractivity contribution in [1.29, 1.82) is 0 Å². The molecule has 0 aromatic rings. The van der Waals surface area contributed by atoms with Crippen molar-refractivity contribution in [3.05, 3.63) is 0 Å². The second-order valence-corrected chi connectivity index (χ2v) is 3.91. The minimum Gasteiger partial charge on any atom is -0.481 e. The molecule has 0 heterocycles. The van der Waals surface area contributed by atoms with E-state index in [0.29, 0.717) is 0 Å². The summed E-state index contributed by atoms with van der Waals surface area (Å²) in [6.07, 6.45) is 0. The van der Waals surface area contributed by atoms with Crippen LogP contribution in [0.1, 0.15) is 6.92 Å². The molecule has 0 aromatic carbocycles. The minimum atomic E-state index is -0.930. The van der Waals surface area contributed by atoms with Gasteiger partial charge in [0.05, 0.1) is 24.2 Å². The van der Waals surface area contributed by atoms with Crippen molar-refractivity contribution < 1.29 is 19.8 Å². The third-order valence-electron chi connectivity index (χ3n) is 1.77. The standard InChI is InChI=1S/C8H15NO4S/c1-6(3-10)9(2)7(11)4-14-5-8(12)13/h6,10H,3-5H2,1-2H3,(H,12,13). The number of carbonyl (C=O) groups is 2. The van der Waals surface area contributed by atoms with Crippen LogP contribution in [0.2, 0.25) is 0 Å². The first-order chi connectivity index (χ1) is 6.49. The zero-order chi connectivity index (χ0) is 11.1. The molecule has 0 aliphatic rings. The van der Waals surface area contributed by atoms with Gasteiger partial charge in [-0.15, -0.1) is 11.8 Å². The van der Waals surface area contributed by atoms with Crippen LogP contribution < -0.4 is 0 Å². The third kappa shape index (κ3) is 5.08. The predicted molar refractivity (Wildman–Crippen MR) is 54.3 cm³/mol. The number of nitrogens with zero attached hydrogens (tertiary/aromatic N) is 1. The Hall–Kier alpha value is -0.750. The van der Waals surface area contributed by atoms with Crippen LogP contribution >= 0.6 is 11.8 Å². The summed E-state index contributed by atoms with van der Waals surface area (Å²) >= 11 is 1.05. The lowest BCUT2D eigenvalue weighted by atomic mass is 10.3. The molecule has 0 aromatic heterocycles. The molecule has 0 saturated carbocycles. The Balaban J connectivity index is 3.78. The van der Waals surface area contributed by atoms with Crippen molar-refractivity contribution in [2.75, 3.05) is 25.2 Å². The number of aliphatic hydroxyl groups is 1. The SMILES string of the molecule is CC(CO)N(C)C(=O)CSCC(=O)O. The molecule has 0 aliphatic carbocycles. The molecule has 82 valence electrons. The van der Waals surface area contributed by atoms with Gasteiger partial charge in [0.15, 0.2) is 0 Å². The Morgan fingerprint density at radius 1 is 1.43 bits per heavy atom. The highest BCUT2D eigenvalue weighted by atomic mass is 32.2. The van der Waals surface area contributed by atoms with Crippen molar-refractivity contribution in [3.63, 3.8) is 0 Å². The van der Waals surface area contributed by atoms with Crippen LogP contribution in [0.4, 0.5) is 0 Å². The molecule has 1 atom stereocenters. The molecule has 0 fully saturated rings. The van der Waals surface area contributed by atoms with Gasteiger partial charge in [-0.1, -0.05) is 0 Å². The van der Waals surface area contributed by atoms with Crippen LogP contribution in [-0.2, 0) is 9.59 Å². The third-order valence-corrected chi connectivity index (χ3v) is 2.67. The van der Waals surface area contributed by atoms with E-state index in [-0.39, 0.29) is 30.1 Å². The number of carboxylic acid groups (broad SMARTS) is 1. The fourth-order valence-corrected chi connectivity index (χ4v) is 1.35. The monoisotopic (exact) mass is 221 g/mol. The smallest absolute Gasteiger partial charge is 0.313 e. The van der Waals surface area contributed by atoms with E-state index in [1.54, 1.807) is 14.0 Å². The summed E-state index contributed by atoms with van der Waals surface area (Å²) < 4.78 is 0. The van der Waals surface area contributed by atoms with Crippen molar-refractivity contribution >= 4 is 23.6 Å². The number of rotatable bonds is 6. The van der Waals surface area contributed by atoms with E-state index in [0.717, 1.165) is 11.8 Å². The molecule has 14 heavy (non-hydrogen) atoms. The van der Waals surface area contributed by atoms with Crippen molar-refractivity contribution in [2.45, 2.75) is 13.0 Å². The van der Waals surface area contributed by atoms with E-state index in [2.05, 4.69) is 0 Å². The molecule has 1 amide bonds. The quantitative estimate of drug-likeness (QED) is 0.640. The molecule has 0 rings (SSSR count). The molecule has 0 spiro atoms. The minimum absolute atomic E-state index is 0.0763. The van der Waals surface area contributed by atoms with Crippen molar-refractivity contribution in [1.82, 2.24) is 4.90 Å². The van der Waals surface area contributed by atoms with Crippen molar-refractivity contribution in [3.8, 4) is 0 Å². The lowest BCUT2D eigenvalue weighted by Crippen LogP contribution is -2.38. The van der Waals surface area contributed by atoms with Gasteiger partial charge in [-0.25, -0.2) is 0 Å². The zero-order valence-corrected chi connectivity index (χ0v) is 9.08. The molecule has 0 saturated heterocycles. The van der Waals surface area contributed by atoms with Crippen LogP contribution in [0.25, 0.3) is 0 Å². The summed E-state index contributed by atoms with van der Waals surface area (Å²) in [6, 6.07) is -0.229. The molecule has 5 nitrogen and oxygen atoms in total. The average molecular weight is 221 g/mol. The largest absolute Gasteiger partial charge is 0.481 e. The van der Waals surface area contributed by atoms with Gasteiger partial charge in [0.2, 0.25) is 5.91 Å². The lowest BCUT2D eigenvalue weighted by Gasteiger charge is -2.22. The van der Waals surface area contributed by atoms with Gasteiger partial charge in [0.25, 0.3) is 0 Å². The first-order valence-electron chi connectivity index (χ1n) is 4.15. The predicted octanol–water partition coefficient (Wildman–Crippen LogP) is -0.357. The van der Waals surface area contributed by atoms with Gasteiger partial charge in [0.1, 0.15) is 0 Å². The van der Waals surface area contributed by atoms with E-state index in [1.807, 2.05) is 0 Å². The maximum atomic E-state index is 11.3. The van der Waals surface area contributed by atoms with Crippen LogP contribution in [-0.4, -0.2) is 58.2 Å². The molecular formula is C8H15NO4S. The number of aliphatic carboxylic acids is 1. The normalized spacial score (nSPS) is 12.2. The highest BCUT2D eigenvalue weighted by molar-refractivity contribution is 8.00. The number of hydrogen-bond donors (Lipinski definition) is 2. The van der Waals surface area contributed by atoms with Crippen LogP contribution in [0.15, 0.2) is 0 Å². The number of amides is 1. The fraction of sp³-hybridized carbons (Fsp3) is 0.750. The zero-order valence-electron chi connectivity index (χ0n) is 8.27. The van der Waals surface area contributed by atoms with Crippen LogP contribution in [0.3, 0.4) is 0 Å². The van der Waals surface area contributed by atoms with E-state index in [4.69, 9.17) is 10.2 Å². The molecule has 2 N–H and O–H groups in total. The van der Waals surface area contributed by atoms with Gasteiger partial charge >= 0.3 is 5.97 Å². The molecule has 6 heteroatoms. The van der Waals surface area contributed by atoms with E-state index in [1.165, 1.54) is 4.90 Å². The second-order valence-electron chi connectivity index (χ2n) is 2.92. The molecule has 1 unspecified atom stereocenters. The summed E-state index contributed by atoms with van der Waals surface area (Å²) in [4.78, 5) is 22.9. The van der Waals surface area contributed by atoms with Gasteiger partial charge in [-0.05, 0) is 6.92 Å². The van der Waals surface area contributed by atoms with E-state index >= 15 is 0 Å². The highest BCUT2D eigenvalue weighted by Crippen LogP contribution is 2.03. The number of hydrogen-bond acceptors (Lipinski definition) is 4. The van der Waals surface area contributed by atoms with Gasteiger partial charge in [-0.2, -0.15) is 0 Å². The summed E-state index contributed by atoms with van der Waals surface area (Å²) in [5.41, 5.74) is 0. The van der Waals surface area contributed by atoms with Gasteiger partial charge in [-0.3, -0.25) is 9.59 Å². The number of aliphatic hydroxyl groups excluding tert-OH is 1. The summed E-state index contributed by atoms with van der Waals surface area (Å²) in [5, 5.41) is 17.1. The number of likely N-dealkylation sites (N-methyl/N-ethyl adjacent to an activating group) is 1. The first kappa shape index (κ1) is 13.2. The highest BCUT2D eigenvalue weighted by Gasteiger charge is 2.14. The van der Waals surface area contributed by atoms with Gasteiger partial charge < -0.3 is 15.1 Å². The summed E-state index contributed by atoms with van der Waals surface area (Å²) in [7, 11) is 1.59. The second kappa shape index (κ2) is 6.67. The van der Waals surface area contributed by atoms with E-state index < -0.39 is 5.97 Å².